The first kappa shape index (κ1) is 10.7. The van der Waals surface area contributed by atoms with Crippen molar-refractivity contribution in [2.24, 2.45) is 0 Å². The van der Waals surface area contributed by atoms with Gasteiger partial charge in [-0.05, 0) is 6.92 Å². The molecule has 0 bridgehead atoms. The molecule has 0 atom stereocenters. The fourth-order valence-corrected chi connectivity index (χ4v) is 1.43. The van der Waals surface area contributed by atoms with Crippen LogP contribution >= 0.6 is 0 Å². The van der Waals surface area contributed by atoms with E-state index in [9.17, 15) is 0 Å². The van der Waals surface area contributed by atoms with Crippen LogP contribution in [0.4, 0.5) is 0 Å². The van der Waals surface area contributed by atoms with Crippen LogP contribution in [0.25, 0.3) is 11.4 Å². The van der Waals surface area contributed by atoms with E-state index in [0.29, 0.717) is 5.92 Å². The molecule has 82 valence electrons. The molecule has 0 aliphatic rings. The third kappa shape index (κ3) is 2.24. The molecule has 16 heavy (non-hydrogen) atoms. The zero-order valence-corrected chi connectivity index (χ0v) is 9.81. The van der Waals surface area contributed by atoms with E-state index in [0.717, 1.165) is 17.2 Å². The van der Waals surface area contributed by atoms with Gasteiger partial charge in [-0.1, -0.05) is 43.7 Å². The molecule has 0 aliphatic heterocycles. The maximum Gasteiger partial charge on any atom is 0.163 e. The molecule has 3 nitrogen and oxygen atoms in total. The summed E-state index contributed by atoms with van der Waals surface area (Å²) in [5.41, 5.74) is 2.27. The highest BCUT2D eigenvalue weighted by molar-refractivity contribution is 5.54. The van der Waals surface area contributed by atoms with Crippen LogP contribution in [-0.2, 0) is 0 Å². The van der Waals surface area contributed by atoms with Crippen molar-refractivity contribution in [3.05, 3.63) is 42.0 Å². The Bertz CT molecular complexity index is 475. The molecule has 2 rings (SSSR count). The normalized spacial score (nSPS) is 10.8. The lowest BCUT2D eigenvalue weighted by Gasteiger charge is -2.05. The third-order valence-electron chi connectivity index (χ3n) is 2.42. The molecule has 0 spiro atoms. The Balaban J connectivity index is 2.40. The zero-order valence-electron chi connectivity index (χ0n) is 9.81. The van der Waals surface area contributed by atoms with Gasteiger partial charge in [-0.3, -0.25) is 0 Å². The maximum absolute atomic E-state index is 4.45. The maximum atomic E-state index is 4.45. The largest absolute Gasteiger partial charge is 0.221 e. The molecular weight excluding hydrogens is 198 g/mol. The highest BCUT2D eigenvalue weighted by atomic mass is 15.0. The Labute approximate surface area is 95.6 Å². The van der Waals surface area contributed by atoms with Gasteiger partial charge in [0.25, 0.3) is 0 Å². The second-order valence-electron chi connectivity index (χ2n) is 4.19. The van der Waals surface area contributed by atoms with Crippen molar-refractivity contribution in [3.8, 4) is 11.4 Å². The van der Waals surface area contributed by atoms with Crippen LogP contribution in [0, 0.1) is 6.92 Å². The van der Waals surface area contributed by atoms with Gasteiger partial charge in [-0.15, -0.1) is 0 Å². The molecule has 3 heteroatoms. The zero-order chi connectivity index (χ0) is 11.5. The van der Waals surface area contributed by atoms with E-state index >= 15 is 0 Å². The lowest BCUT2D eigenvalue weighted by Crippen LogP contribution is -2.00. The quantitative estimate of drug-likeness (QED) is 0.769. The molecule has 0 aliphatic carbocycles. The number of hydrogen-bond acceptors (Lipinski definition) is 3. The molecule has 1 aromatic carbocycles. The fraction of sp³-hybridized carbons (Fsp3) is 0.308. The minimum absolute atomic E-state index is 0.326. The minimum atomic E-state index is 0.326. The summed E-state index contributed by atoms with van der Waals surface area (Å²) in [6.45, 7) is 6.22. The van der Waals surface area contributed by atoms with Gasteiger partial charge in [0, 0.05) is 11.5 Å². The summed E-state index contributed by atoms with van der Waals surface area (Å²) in [5, 5.41) is 0. The van der Waals surface area contributed by atoms with Crippen molar-refractivity contribution < 1.29 is 0 Å². The molecule has 0 N–H and O–H groups in total. The summed E-state index contributed by atoms with van der Waals surface area (Å²) < 4.78 is 0. The van der Waals surface area contributed by atoms with E-state index < -0.39 is 0 Å². The summed E-state index contributed by atoms with van der Waals surface area (Å²) in [6, 6.07) is 8.20. The summed E-state index contributed by atoms with van der Waals surface area (Å²) in [6.07, 6.45) is 1.58. The van der Waals surface area contributed by atoms with Crippen molar-refractivity contribution in [1.29, 1.82) is 0 Å². The van der Waals surface area contributed by atoms with Gasteiger partial charge in [0.05, 0.1) is 0 Å². The van der Waals surface area contributed by atoms with E-state index in [4.69, 9.17) is 0 Å². The Morgan fingerprint density at radius 3 is 2.31 bits per heavy atom. The lowest BCUT2D eigenvalue weighted by atomic mass is 10.1. The van der Waals surface area contributed by atoms with Gasteiger partial charge in [0.15, 0.2) is 5.82 Å². The molecule has 0 radical (unpaired) electrons. The van der Waals surface area contributed by atoms with Gasteiger partial charge in [0.2, 0.25) is 0 Å². The molecule has 1 aromatic heterocycles. The monoisotopic (exact) mass is 213 g/mol. The Kier molecular flexibility index (Phi) is 2.95. The first-order chi connectivity index (χ1) is 7.66. The van der Waals surface area contributed by atoms with Crippen molar-refractivity contribution in [2.75, 3.05) is 0 Å². The van der Waals surface area contributed by atoms with Crippen LogP contribution in [0.1, 0.15) is 31.2 Å². The molecule has 2 aromatic rings. The number of hydrogen-bond donors (Lipinski definition) is 0. The van der Waals surface area contributed by atoms with Crippen molar-refractivity contribution in [2.45, 2.75) is 26.7 Å². The second-order valence-corrected chi connectivity index (χ2v) is 4.19. The number of benzene rings is 1. The first-order valence-corrected chi connectivity index (χ1v) is 5.43. The second kappa shape index (κ2) is 4.39. The van der Waals surface area contributed by atoms with Crippen LogP contribution in [0.15, 0.2) is 30.6 Å². The van der Waals surface area contributed by atoms with Crippen LogP contribution < -0.4 is 0 Å². The summed E-state index contributed by atoms with van der Waals surface area (Å²) >= 11 is 0. The number of aryl methyl sites for hydroxylation is 1. The lowest BCUT2D eigenvalue weighted by molar-refractivity contribution is 0.762. The van der Waals surface area contributed by atoms with Gasteiger partial charge < -0.3 is 0 Å². The molecular formula is C13H15N3. The fourth-order valence-electron chi connectivity index (χ4n) is 1.43. The number of nitrogens with zero attached hydrogens (tertiary/aromatic N) is 3. The van der Waals surface area contributed by atoms with Crippen LogP contribution in [-0.4, -0.2) is 15.0 Å². The van der Waals surface area contributed by atoms with Gasteiger partial charge in [0.1, 0.15) is 12.2 Å². The Morgan fingerprint density at radius 2 is 1.69 bits per heavy atom. The van der Waals surface area contributed by atoms with Crippen molar-refractivity contribution >= 4 is 0 Å². The van der Waals surface area contributed by atoms with Crippen LogP contribution in [0.2, 0.25) is 0 Å². The number of rotatable bonds is 2. The first-order valence-electron chi connectivity index (χ1n) is 5.43. The third-order valence-corrected chi connectivity index (χ3v) is 2.42. The molecule has 0 unspecified atom stereocenters. The van der Waals surface area contributed by atoms with Crippen molar-refractivity contribution in [1.82, 2.24) is 15.0 Å². The van der Waals surface area contributed by atoms with E-state index in [1.54, 1.807) is 6.33 Å². The average molecular weight is 213 g/mol. The summed E-state index contributed by atoms with van der Waals surface area (Å²) in [4.78, 5) is 12.8. The molecule has 1 heterocycles. The topological polar surface area (TPSA) is 38.7 Å². The van der Waals surface area contributed by atoms with E-state index in [1.165, 1.54) is 5.56 Å². The van der Waals surface area contributed by atoms with E-state index in [-0.39, 0.29) is 0 Å². The predicted molar refractivity (Wildman–Crippen MR) is 64.1 cm³/mol. The van der Waals surface area contributed by atoms with Crippen LogP contribution in [0.5, 0.6) is 0 Å². The minimum Gasteiger partial charge on any atom is -0.221 e. The highest BCUT2D eigenvalue weighted by Gasteiger charge is 2.06. The van der Waals surface area contributed by atoms with E-state index in [1.807, 2.05) is 12.1 Å². The average Bonchev–Trinajstić information content (AvgIpc) is 2.30. The highest BCUT2D eigenvalue weighted by Crippen LogP contribution is 2.16. The summed E-state index contributed by atoms with van der Waals surface area (Å²) in [5.74, 6) is 1.91. The Morgan fingerprint density at radius 1 is 1.00 bits per heavy atom. The van der Waals surface area contributed by atoms with Crippen LogP contribution in [0.3, 0.4) is 0 Å². The molecule has 0 amide bonds. The molecule has 0 saturated carbocycles. The van der Waals surface area contributed by atoms with Gasteiger partial charge in [-0.2, -0.15) is 0 Å². The SMILES string of the molecule is Cc1ccc(-c2ncnc(C(C)C)n2)cc1. The van der Waals surface area contributed by atoms with Crippen molar-refractivity contribution in [3.63, 3.8) is 0 Å². The number of aromatic nitrogens is 3. The smallest absolute Gasteiger partial charge is 0.163 e. The van der Waals surface area contributed by atoms with Gasteiger partial charge in [-0.25, -0.2) is 15.0 Å². The van der Waals surface area contributed by atoms with E-state index in [2.05, 4.69) is 47.9 Å². The Hall–Kier alpha value is -1.77. The molecule has 0 fully saturated rings. The molecule has 0 saturated heterocycles. The summed E-state index contributed by atoms with van der Waals surface area (Å²) in [7, 11) is 0. The van der Waals surface area contributed by atoms with Gasteiger partial charge >= 0.3 is 0 Å². The standard InChI is InChI=1S/C13H15N3/c1-9(2)12-14-8-15-13(16-12)11-6-4-10(3)5-7-11/h4-9H,1-3H3. The predicted octanol–water partition coefficient (Wildman–Crippen LogP) is 2.97.